The van der Waals surface area contributed by atoms with Crippen molar-refractivity contribution >= 4 is 41.7 Å². The van der Waals surface area contributed by atoms with E-state index in [2.05, 4.69) is 56.5 Å². The summed E-state index contributed by atoms with van der Waals surface area (Å²) in [5.41, 5.74) is 0. The summed E-state index contributed by atoms with van der Waals surface area (Å²) in [6.45, 7) is 11.9. The number of hydrogen-bond acceptors (Lipinski definition) is 4. The first-order valence-corrected chi connectivity index (χ1v) is 10.7. The maximum Gasteiger partial charge on any atom is 0.194 e. The van der Waals surface area contributed by atoms with Gasteiger partial charge in [0.2, 0.25) is 0 Å². The number of rotatable bonds is 5. The van der Waals surface area contributed by atoms with E-state index in [0.29, 0.717) is 12.0 Å². The molecule has 8 heteroatoms. The zero-order chi connectivity index (χ0) is 17.5. The molecule has 2 aliphatic rings. The minimum atomic E-state index is 0. The van der Waals surface area contributed by atoms with Crippen molar-refractivity contribution in [1.29, 1.82) is 0 Å². The molecule has 2 fully saturated rings. The van der Waals surface area contributed by atoms with Gasteiger partial charge in [-0.3, -0.25) is 9.89 Å². The third kappa shape index (κ3) is 6.02. The summed E-state index contributed by atoms with van der Waals surface area (Å²) in [6, 6.07) is 0.472. The Labute approximate surface area is 179 Å². The average Bonchev–Trinajstić information content (AvgIpc) is 3.17. The lowest BCUT2D eigenvalue weighted by Gasteiger charge is -2.39. The molecule has 2 aliphatic heterocycles. The summed E-state index contributed by atoms with van der Waals surface area (Å²) < 4.78 is 2.26. The van der Waals surface area contributed by atoms with Gasteiger partial charge in [0, 0.05) is 63.2 Å². The summed E-state index contributed by atoms with van der Waals surface area (Å²) in [6.07, 6.45) is 7.10. The molecule has 0 bridgehead atoms. The topological polar surface area (TPSA) is 48.7 Å². The third-order valence-corrected chi connectivity index (χ3v) is 6.18. The molecule has 2 saturated heterocycles. The summed E-state index contributed by atoms with van der Waals surface area (Å²) in [5, 5.41) is 3.50. The highest BCUT2D eigenvalue weighted by Gasteiger charge is 2.28. The van der Waals surface area contributed by atoms with Crippen molar-refractivity contribution in [2.75, 3.05) is 57.3 Å². The monoisotopic (exact) mass is 492 g/mol. The number of guanidine groups is 1. The van der Waals surface area contributed by atoms with Crippen LogP contribution in [-0.2, 0) is 0 Å². The summed E-state index contributed by atoms with van der Waals surface area (Å²) in [5.74, 6) is 4.27. The SMILES string of the molecule is CCNC(=NCCN1CCSCC1)N1CCC(C)C(n2ccnc2)C1.I. The van der Waals surface area contributed by atoms with E-state index in [9.17, 15) is 0 Å². The number of imidazole rings is 1. The fourth-order valence-electron chi connectivity index (χ4n) is 3.64. The molecule has 26 heavy (non-hydrogen) atoms. The van der Waals surface area contributed by atoms with Crippen LogP contribution < -0.4 is 5.32 Å². The zero-order valence-electron chi connectivity index (χ0n) is 16.0. The highest BCUT2D eigenvalue weighted by molar-refractivity contribution is 14.0. The van der Waals surface area contributed by atoms with Crippen LogP contribution in [0.1, 0.15) is 26.3 Å². The zero-order valence-corrected chi connectivity index (χ0v) is 19.2. The van der Waals surface area contributed by atoms with E-state index in [1.807, 2.05) is 12.5 Å². The van der Waals surface area contributed by atoms with Crippen molar-refractivity contribution in [3.05, 3.63) is 18.7 Å². The van der Waals surface area contributed by atoms with Gasteiger partial charge >= 0.3 is 0 Å². The van der Waals surface area contributed by atoms with Crippen LogP contribution in [0.5, 0.6) is 0 Å². The second-order valence-electron chi connectivity index (χ2n) is 6.98. The Morgan fingerprint density at radius 1 is 1.31 bits per heavy atom. The van der Waals surface area contributed by atoms with Gasteiger partial charge in [0.15, 0.2) is 5.96 Å². The Hall–Kier alpha value is -0.480. The summed E-state index contributed by atoms with van der Waals surface area (Å²) >= 11 is 2.06. The molecule has 3 rings (SSSR count). The van der Waals surface area contributed by atoms with Gasteiger partial charge in [-0.15, -0.1) is 24.0 Å². The van der Waals surface area contributed by atoms with Crippen LogP contribution in [0.25, 0.3) is 0 Å². The Morgan fingerprint density at radius 2 is 2.12 bits per heavy atom. The maximum atomic E-state index is 4.93. The number of likely N-dealkylation sites (tertiary alicyclic amines) is 1. The van der Waals surface area contributed by atoms with Crippen LogP contribution in [-0.4, -0.2) is 82.6 Å². The van der Waals surface area contributed by atoms with Gasteiger partial charge in [0.25, 0.3) is 0 Å². The third-order valence-electron chi connectivity index (χ3n) is 5.24. The van der Waals surface area contributed by atoms with Gasteiger partial charge in [-0.2, -0.15) is 11.8 Å². The second-order valence-corrected chi connectivity index (χ2v) is 8.20. The van der Waals surface area contributed by atoms with Crippen molar-refractivity contribution in [3.63, 3.8) is 0 Å². The minimum Gasteiger partial charge on any atom is -0.357 e. The molecule has 0 aliphatic carbocycles. The molecule has 148 valence electrons. The molecule has 3 heterocycles. The molecule has 1 aromatic rings. The molecule has 2 unspecified atom stereocenters. The van der Waals surface area contributed by atoms with Crippen molar-refractivity contribution in [2.45, 2.75) is 26.3 Å². The van der Waals surface area contributed by atoms with Crippen LogP contribution in [0.4, 0.5) is 0 Å². The number of aliphatic imine (C=N–C) groups is 1. The Balaban J connectivity index is 0.00000243. The van der Waals surface area contributed by atoms with E-state index < -0.39 is 0 Å². The molecule has 0 saturated carbocycles. The second kappa shape index (κ2) is 11.4. The summed E-state index contributed by atoms with van der Waals surface area (Å²) in [7, 11) is 0. The van der Waals surface area contributed by atoms with Crippen molar-refractivity contribution in [3.8, 4) is 0 Å². The van der Waals surface area contributed by atoms with E-state index in [4.69, 9.17) is 4.99 Å². The number of halogens is 1. The quantitative estimate of drug-likeness (QED) is 0.389. The molecule has 0 spiro atoms. The predicted molar refractivity (Wildman–Crippen MR) is 122 cm³/mol. The fourth-order valence-corrected chi connectivity index (χ4v) is 4.62. The molecule has 0 amide bonds. The van der Waals surface area contributed by atoms with Crippen molar-refractivity contribution in [1.82, 2.24) is 24.7 Å². The largest absolute Gasteiger partial charge is 0.357 e. The molecule has 6 nitrogen and oxygen atoms in total. The minimum absolute atomic E-state index is 0. The van der Waals surface area contributed by atoms with Gasteiger partial charge in [0.05, 0.1) is 18.9 Å². The van der Waals surface area contributed by atoms with E-state index >= 15 is 0 Å². The van der Waals surface area contributed by atoms with Gasteiger partial charge in [-0.25, -0.2) is 4.98 Å². The number of nitrogens with one attached hydrogen (secondary N) is 1. The van der Waals surface area contributed by atoms with Crippen molar-refractivity contribution < 1.29 is 0 Å². The molecule has 0 aromatic carbocycles. The standard InChI is InChI=1S/C18H32N6S.HI/c1-3-20-18(21-6-8-22-10-12-25-13-11-22)23-7-4-16(2)17(14-23)24-9-5-19-15-24;/h5,9,15-17H,3-4,6-8,10-14H2,1-2H3,(H,20,21);1H. The number of hydrogen-bond donors (Lipinski definition) is 1. The van der Waals surface area contributed by atoms with E-state index in [1.54, 1.807) is 0 Å². The lowest BCUT2D eigenvalue weighted by molar-refractivity contribution is 0.188. The normalized spacial score (nSPS) is 25.0. The Morgan fingerprint density at radius 3 is 2.81 bits per heavy atom. The van der Waals surface area contributed by atoms with E-state index in [-0.39, 0.29) is 24.0 Å². The van der Waals surface area contributed by atoms with Crippen LogP contribution in [0, 0.1) is 5.92 Å². The molecule has 1 N–H and O–H groups in total. The van der Waals surface area contributed by atoms with Crippen LogP contribution >= 0.6 is 35.7 Å². The average molecular weight is 492 g/mol. The number of aromatic nitrogens is 2. The Bertz CT molecular complexity index is 532. The number of thioether (sulfide) groups is 1. The summed E-state index contributed by atoms with van der Waals surface area (Å²) in [4.78, 5) is 14.1. The maximum absolute atomic E-state index is 4.93. The smallest absolute Gasteiger partial charge is 0.194 e. The highest BCUT2D eigenvalue weighted by Crippen LogP contribution is 2.27. The highest BCUT2D eigenvalue weighted by atomic mass is 127. The molecule has 1 aromatic heterocycles. The molecule has 0 radical (unpaired) electrons. The van der Waals surface area contributed by atoms with E-state index in [1.165, 1.54) is 31.0 Å². The molecular formula is C18H33IN6S. The molecule has 2 atom stereocenters. The van der Waals surface area contributed by atoms with Gasteiger partial charge in [-0.05, 0) is 19.3 Å². The van der Waals surface area contributed by atoms with Gasteiger partial charge < -0.3 is 14.8 Å². The number of piperidine rings is 1. The molecular weight excluding hydrogens is 459 g/mol. The van der Waals surface area contributed by atoms with Crippen molar-refractivity contribution in [2.24, 2.45) is 10.9 Å². The predicted octanol–water partition coefficient (Wildman–Crippen LogP) is 2.40. The first kappa shape index (κ1) is 21.8. The first-order chi connectivity index (χ1) is 12.3. The van der Waals surface area contributed by atoms with Gasteiger partial charge in [-0.1, -0.05) is 6.92 Å². The van der Waals surface area contributed by atoms with Crippen LogP contribution in [0.15, 0.2) is 23.7 Å². The lowest BCUT2D eigenvalue weighted by Crippen LogP contribution is -2.49. The van der Waals surface area contributed by atoms with Crippen LogP contribution in [0.3, 0.4) is 0 Å². The van der Waals surface area contributed by atoms with Gasteiger partial charge in [0.1, 0.15) is 0 Å². The number of nitrogens with zero attached hydrogens (tertiary/aromatic N) is 5. The lowest BCUT2D eigenvalue weighted by atomic mass is 9.93. The first-order valence-electron chi connectivity index (χ1n) is 9.58. The van der Waals surface area contributed by atoms with E-state index in [0.717, 1.165) is 38.7 Å². The van der Waals surface area contributed by atoms with Crippen LogP contribution in [0.2, 0.25) is 0 Å². The fraction of sp³-hybridized carbons (Fsp3) is 0.778. The Kier molecular flexibility index (Phi) is 9.55.